The van der Waals surface area contributed by atoms with Gasteiger partial charge in [-0.15, -0.1) is 0 Å². The van der Waals surface area contributed by atoms with Crippen LogP contribution in [-0.4, -0.2) is 44.6 Å². The van der Waals surface area contributed by atoms with Gasteiger partial charge in [0.15, 0.2) is 0 Å². The molecule has 0 bridgehead atoms. The van der Waals surface area contributed by atoms with E-state index in [-0.39, 0.29) is 17.9 Å². The number of rotatable bonds is 5. The fourth-order valence-electron chi connectivity index (χ4n) is 4.40. The number of aromatic nitrogens is 2. The fourth-order valence-corrected chi connectivity index (χ4v) is 4.40. The van der Waals surface area contributed by atoms with E-state index in [9.17, 15) is 14.4 Å². The topological polar surface area (TPSA) is 96.3 Å². The van der Waals surface area contributed by atoms with E-state index >= 15 is 0 Å². The summed E-state index contributed by atoms with van der Waals surface area (Å²) in [5.41, 5.74) is 0.878. The molecule has 170 valence electrons. The quantitative estimate of drug-likeness (QED) is 0.701. The van der Waals surface area contributed by atoms with Crippen LogP contribution in [0.1, 0.15) is 64.1 Å². The van der Waals surface area contributed by atoms with Crippen molar-refractivity contribution in [2.75, 3.05) is 11.9 Å². The van der Waals surface area contributed by atoms with Crippen molar-refractivity contribution in [1.29, 1.82) is 0 Å². The lowest BCUT2D eigenvalue weighted by Crippen LogP contribution is -2.48. The van der Waals surface area contributed by atoms with Crippen molar-refractivity contribution >= 4 is 23.7 Å². The Morgan fingerprint density at radius 2 is 1.81 bits per heavy atom. The maximum absolute atomic E-state index is 13.0. The predicted molar refractivity (Wildman–Crippen MR) is 121 cm³/mol. The Balaban J connectivity index is 1.50. The molecule has 0 atom stereocenters. The molecule has 2 fully saturated rings. The average molecular weight is 438 g/mol. The second-order valence-electron chi connectivity index (χ2n) is 9.82. The Bertz CT molecular complexity index is 1020. The van der Waals surface area contributed by atoms with Crippen molar-refractivity contribution in [3.8, 4) is 0 Å². The maximum atomic E-state index is 13.0. The van der Waals surface area contributed by atoms with Crippen molar-refractivity contribution in [3.05, 3.63) is 47.7 Å². The van der Waals surface area contributed by atoms with Crippen LogP contribution in [0.4, 0.5) is 10.6 Å². The van der Waals surface area contributed by atoms with Crippen LogP contribution in [0, 0.1) is 0 Å². The molecule has 2 N–H and O–H groups in total. The van der Waals surface area contributed by atoms with Crippen LogP contribution in [-0.2, 0) is 21.5 Å². The first-order valence-corrected chi connectivity index (χ1v) is 11.2. The number of carbonyl (C=O) groups is 3. The van der Waals surface area contributed by atoms with Crippen molar-refractivity contribution in [1.82, 2.24) is 20.0 Å². The zero-order valence-electron chi connectivity index (χ0n) is 19.0. The van der Waals surface area contributed by atoms with Gasteiger partial charge < -0.3 is 10.6 Å². The lowest BCUT2D eigenvalue weighted by molar-refractivity contribution is -0.134. The molecule has 0 radical (unpaired) electrons. The number of urea groups is 1. The van der Waals surface area contributed by atoms with Gasteiger partial charge in [0.25, 0.3) is 5.91 Å². The number of hydrogen-bond acceptors (Lipinski definition) is 4. The molecular weight excluding hydrogens is 406 g/mol. The molecular formula is C24H31N5O3. The Labute approximate surface area is 188 Å². The molecule has 8 nitrogen and oxygen atoms in total. The molecule has 1 spiro atoms. The third-order valence-electron chi connectivity index (χ3n) is 6.25. The smallest absolute Gasteiger partial charge is 0.323 e. The van der Waals surface area contributed by atoms with Gasteiger partial charge in [0.05, 0.1) is 12.2 Å². The van der Waals surface area contributed by atoms with Crippen LogP contribution < -0.4 is 10.6 Å². The lowest BCUT2D eigenvalue weighted by atomic mass is 9.82. The van der Waals surface area contributed by atoms with Crippen LogP contribution in [0.5, 0.6) is 0 Å². The second kappa shape index (κ2) is 8.41. The zero-order chi connectivity index (χ0) is 22.9. The number of carbonyl (C=O) groups excluding carboxylic acids is 3. The number of anilines is 1. The lowest BCUT2D eigenvalue weighted by Gasteiger charge is -2.30. The van der Waals surface area contributed by atoms with E-state index in [4.69, 9.17) is 5.10 Å². The van der Waals surface area contributed by atoms with Crippen LogP contribution in [0.25, 0.3) is 0 Å². The molecule has 4 rings (SSSR count). The number of imide groups is 1. The largest absolute Gasteiger partial charge is 0.325 e. The van der Waals surface area contributed by atoms with Crippen molar-refractivity contribution in [2.45, 2.75) is 70.4 Å². The van der Waals surface area contributed by atoms with Gasteiger partial charge in [-0.3, -0.25) is 14.5 Å². The number of benzene rings is 1. The summed E-state index contributed by atoms with van der Waals surface area (Å²) in [6.07, 6.45) is 4.14. The molecule has 2 aliphatic rings. The third kappa shape index (κ3) is 4.40. The molecule has 1 aromatic carbocycles. The van der Waals surface area contributed by atoms with Crippen molar-refractivity contribution in [3.63, 3.8) is 0 Å². The average Bonchev–Trinajstić information content (AvgIpc) is 3.24. The molecule has 1 aliphatic heterocycles. The minimum atomic E-state index is -0.829. The Morgan fingerprint density at radius 3 is 2.47 bits per heavy atom. The standard InChI is InChI=1S/C24H31N5O3/c1-23(2,3)18-14-19(29(27-18)15-17-10-6-4-7-11-17)25-20(30)16-28-21(31)24(26-22(28)32)12-8-5-9-13-24/h4,6-7,10-11,14H,5,8-9,12-13,15-16H2,1-3H3,(H,25,30)(H,26,32). The zero-order valence-corrected chi connectivity index (χ0v) is 19.0. The first-order valence-electron chi connectivity index (χ1n) is 11.2. The highest BCUT2D eigenvalue weighted by Crippen LogP contribution is 2.33. The molecule has 0 unspecified atom stereocenters. The molecule has 2 heterocycles. The molecule has 32 heavy (non-hydrogen) atoms. The first-order chi connectivity index (χ1) is 15.2. The second-order valence-corrected chi connectivity index (χ2v) is 9.82. The van der Waals surface area contributed by atoms with Gasteiger partial charge in [0, 0.05) is 11.5 Å². The van der Waals surface area contributed by atoms with Crippen LogP contribution >= 0.6 is 0 Å². The highest BCUT2D eigenvalue weighted by Gasteiger charge is 2.51. The summed E-state index contributed by atoms with van der Waals surface area (Å²) >= 11 is 0. The van der Waals surface area contributed by atoms with E-state index in [0.29, 0.717) is 25.2 Å². The summed E-state index contributed by atoms with van der Waals surface area (Å²) in [5, 5.41) is 10.4. The molecule has 2 aromatic rings. The molecule has 1 saturated heterocycles. The molecule has 4 amide bonds. The molecule has 8 heteroatoms. The molecule has 1 saturated carbocycles. The summed E-state index contributed by atoms with van der Waals surface area (Å²) in [6.45, 7) is 6.37. The van der Waals surface area contributed by atoms with E-state index < -0.39 is 17.5 Å². The fraction of sp³-hybridized carbons (Fsp3) is 0.500. The highest BCUT2D eigenvalue weighted by atomic mass is 16.2. The van der Waals surface area contributed by atoms with Gasteiger partial charge in [-0.25, -0.2) is 9.48 Å². The summed E-state index contributed by atoms with van der Waals surface area (Å²) in [6, 6.07) is 11.2. The van der Waals surface area contributed by atoms with Crippen molar-refractivity contribution < 1.29 is 14.4 Å². The van der Waals surface area contributed by atoms with E-state index in [0.717, 1.165) is 35.4 Å². The van der Waals surface area contributed by atoms with Crippen LogP contribution in [0.15, 0.2) is 36.4 Å². The maximum Gasteiger partial charge on any atom is 0.325 e. The SMILES string of the molecule is CC(C)(C)c1cc(NC(=O)CN2C(=O)NC3(CCCCC3)C2=O)n(Cc2ccccc2)n1. The van der Waals surface area contributed by atoms with Crippen LogP contribution in [0.3, 0.4) is 0 Å². The van der Waals surface area contributed by atoms with Gasteiger partial charge >= 0.3 is 6.03 Å². The predicted octanol–water partition coefficient (Wildman–Crippen LogP) is 3.42. The van der Waals surface area contributed by atoms with E-state index in [2.05, 4.69) is 31.4 Å². The summed E-state index contributed by atoms with van der Waals surface area (Å²) < 4.78 is 1.75. The van der Waals surface area contributed by atoms with Gasteiger partial charge in [-0.1, -0.05) is 70.4 Å². The molecule has 1 aromatic heterocycles. The first kappa shape index (κ1) is 22.0. The van der Waals surface area contributed by atoms with E-state index in [1.807, 2.05) is 36.4 Å². The summed E-state index contributed by atoms with van der Waals surface area (Å²) in [7, 11) is 0. The monoisotopic (exact) mass is 437 g/mol. The highest BCUT2D eigenvalue weighted by molar-refractivity contribution is 6.10. The third-order valence-corrected chi connectivity index (χ3v) is 6.25. The van der Waals surface area contributed by atoms with Crippen molar-refractivity contribution in [2.24, 2.45) is 0 Å². The number of nitrogens with zero attached hydrogens (tertiary/aromatic N) is 3. The minimum absolute atomic E-state index is 0.195. The normalized spacial score (nSPS) is 18.2. The van der Waals surface area contributed by atoms with Gasteiger partial charge in [-0.05, 0) is 18.4 Å². The van der Waals surface area contributed by atoms with Gasteiger partial charge in [-0.2, -0.15) is 5.10 Å². The number of nitrogens with one attached hydrogen (secondary N) is 2. The number of amides is 4. The Morgan fingerprint density at radius 1 is 1.12 bits per heavy atom. The molecule has 1 aliphatic carbocycles. The Kier molecular flexibility index (Phi) is 5.79. The van der Waals surface area contributed by atoms with Gasteiger partial charge in [0.2, 0.25) is 5.91 Å². The number of hydrogen-bond donors (Lipinski definition) is 2. The van der Waals surface area contributed by atoms with Crippen LogP contribution in [0.2, 0.25) is 0 Å². The van der Waals surface area contributed by atoms with Gasteiger partial charge in [0.1, 0.15) is 17.9 Å². The minimum Gasteiger partial charge on any atom is -0.323 e. The summed E-state index contributed by atoms with van der Waals surface area (Å²) in [4.78, 5) is 39.4. The van der Waals surface area contributed by atoms with E-state index in [1.165, 1.54) is 0 Å². The summed E-state index contributed by atoms with van der Waals surface area (Å²) in [5.74, 6) is -0.162. The van der Waals surface area contributed by atoms with E-state index in [1.54, 1.807) is 4.68 Å². The Hall–Kier alpha value is -3.16.